The molecule has 6 nitrogen and oxygen atoms in total. The Bertz CT molecular complexity index is 561. The summed E-state index contributed by atoms with van der Waals surface area (Å²) in [4.78, 5) is 4.67. The predicted molar refractivity (Wildman–Crippen MR) is 74.4 cm³/mol. The molecule has 1 N–H and O–H groups in total. The maximum absolute atomic E-state index is 5.61. The summed E-state index contributed by atoms with van der Waals surface area (Å²) in [6.07, 6.45) is 5.58. The molecule has 1 aliphatic heterocycles. The molecular formula is C14H21N5O. The van der Waals surface area contributed by atoms with Crippen LogP contribution in [0.1, 0.15) is 45.3 Å². The molecule has 0 amide bonds. The van der Waals surface area contributed by atoms with Gasteiger partial charge in [-0.2, -0.15) is 10.1 Å². The quantitative estimate of drug-likeness (QED) is 0.903. The van der Waals surface area contributed by atoms with Crippen LogP contribution in [0.2, 0.25) is 0 Å². The minimum atomic E-state index is -0.314. The van der Waals surface area contributed by atoms with E-state index in [0.29, 0.717) is 5.89 Å². The fraction of sp³-hybridized carbons (Fsp3) is 0.643. The first-order valence-electron chi connectivity index (χ1n) is 7.08. The largest absolute Gasteiger partial charge is 0.337 e. The third-order valence-corrected chi connectivity index (χ3v) is 3.87. The summed E-state index contributed by atoms with van der Waals surface area (Å²) in [6.45, 7) is 8.11. The van der Waals surface area contributed by atoms with Gasteiger partial charge in [0.1, 0.15) is 5.54 Å². The van der Waals surface area contributed by atoms with Crippen molar-refractivity contribution >= 4 is 0 Å². The highest BCUT2D eigenvalue weighted by Crippen LogP contribution is 2.34. The van der Waals surface area contributed by atoms with E-state index in [1.807, 2.05) is 16.9 Å². The van der Waals surface area contributed by atoms with Gasteiger partial charge in [-0.1, -0.05) is 25.9 Å². The lowest BCUT2D eigenvalue weighted by Crippen LogP contribution is -2.45. The molecule has 1 fully saturated rings. The molecule has 0 aliphatic carbocycles. The second-order valence-electron chi connectivity index (χ2n) is 6.41. The van der Waals surface area contributed by atoms with Gasteiger partial charge in [0.05, 0.1) is 0 Å². The molecule has 0 unspecified atom stereocenters. The normalized spacial score (nSPS) is 19.1. The van der Waals surface area contributed by atoms with Crippen molar-refractivity contribution in [3.63, 3.8) is 0 Å². The molecule has 0 spiro atoms. The standard InChI is InChI=1S/C14H21N5O/c1-13(2,3)11-17-12(20-18-11)14(5-8-15-9-6-14)19-10-4-7-16-19/h4,7,10,15H,5-6,8-9H2,1-3H3. The Morgan fingerprint density at radius 3 is 2.60 bits per heavy atom. The molecular weight excluding hydrogens is 254 g/mol. The maximum atomic E-state index is 5.61. The lowest BCUT2D eigenvalue weighted by Gasteiger charge is -2.34. The van der Waals surface area contributed by atoms with E-state index in [9.17, 15) is 0 Å². The van der Waals surface area contributed by atoms with Crippen molar-refractivity contribution in [1.82, 2.24) is 25.2 Å². The van der Waals surface area contributed by atoms with Crippen LogP contribution in [0.25, 0.3) is 0 Å². The topological polar surface area (TPSA) is 68.8 Å². The second kappa shape index (κ2) is 4.70. The smallest absolute Gasteiger partial charge is 0.254 e. The van der Waals surface area contributed by atoms with Crippen molar-refractivity contribution in [2.75, 3.05) is 13.1 Å². The first-order valence-corrected chi connectivity index (χ1v) is 7.08. The van der Waals surface area contributed by atoms with Gasteiger partial charge in [0, 0.05) is 17.8 Å². The SMILES string of the molecule is CC(C)(C)c1noc(C2(n3cccn3)CCNCC2)n1. The fourth-order valence-electron chi connectivity index (χ4n) is 2.62. The number of hydrogen-bond donors (Lipinski definition) is 1. The highest BCUT2D eigenvalue weighted by atomic mass is 16.5. The molecule has 0 atom stereocenters. The number of piperidine rings is 1. The molecule has 3 heterocycles. The van der Waals surface area contributed by atoms with Gasteiger partial charge < -0.3 is 9.84 Å². The molecule has 108 valence electrons. The second-order valence-corrected chi connectivity index (χ2v) is 6.41. The molecule has 2 aromatic rings. The van der Waals surface area contributed by atoms with Crippen LogP contribution in [0.15, 0.2) is 23.0 Å². The summed E-state index contributed by atoms with van der Waals surface area (Å²) in [5.41, 5.74) is -0.425. The van der Waals surface area contributed by atoms with E-state index in [1.165, 1.54) is 0 Å². The first-order chi connectivity index (χ1) is 9.52. The fourth-order valence-corrected chi connectivity index (χ4v) is 2.62. The minimum absolute atomic E-state index is 0.111. The first kappa shape index (κ1) is 13.3. The summed E-state index contributed by atoms with van der Waals surface area (Å²) in [5.74, 6) is 1.42. The van der Waals surface area contributed by atoms with Gasteiger partial charge in [0.2, 0.25) is 0 Å². The summed E-state index contributed by atoms with van der Waals surface area (Å²) in [7, 11) is 0. The number of nitrogens with zero attached hydrogens (tertiary/aromatic N) is 4. The predicted octanol–water partition coefficient (Wildman–Crippen LogP) is 1.69. The Labute approximate surface area is 118 Å². The lowest BCUT2D eigenvalue weighted by molar-refractivity contribution is 0.172. The van der Waals surface area contributed by atoms with E-state index in [0.717, 1.165) is 31.8 Å². The molecule has 0 bridgehead atoms. The van der Waals surface area contributed by atoms with Gasteiger partial charge in [0.25, 0.3) is 5.89 Å². The van der Waals surface area contributed by atoms with Crippen molar-refractivity contribution in [1.29, 1.82) is 0 Å². The number of hydrogen-bond acceptors (Lipinski definition) is 5. The maximum Gasteiger partial charge on any atom is 0.254 e. The number of rotatable bonds is 2. The monoisotopic (exact) mass is 275 g/mol. The van der Waals surface area contributed by atoms with E-state index in [4.69, 9.17) is 4.52 Å². The van der Waals surface area contributed by atoms with Crippen LogP contribution in [-0.4, -0.2) is 33.0 Å². The minimum Gasteiger partial charge on any atom is -0.337 e. The van der Waals surface area contributed by atoms with Gasteiger partial charge >= 0.3 is 0 Å². The van der Waals surface area contributed by atoms with Crippen LogP contribution < -0.4 is 5.32 Å². The van der Waals surface area contributed by atoms with Gasteiger partial charge in [-0.3, -0.25) is 4.68 Å². The zero-order valence-corrected chi connectivity index (χ0v) is 12.3. The summed E-state index contributed by atoms with van der Waals surface area (Å²) in [6, 6.07) is 1.94. The summed E-state index contributed by atoms with van der Waals surface area (Å²) >= 11 is 0. The average molecular weight is 275 g/mol. The van der Waals surface area contributed by atoms with Gasteiger partial charge in [0.15, 0.2) is 5.82 Å². The zero-order valence-electron chi connectivity index (χ0n) is 12.3. The zero-order chi connectivity index (χ0) is 14.2. The van der Waals surface area contributed by atoms with Crippen molar-refractivity contribution in [2.45, 2.75) is 44.6 Å². The van der Waals surface area contributed by atoms with Crippen LogP contribution in [0.5, 0.6) is 0 Å². The third-order valence-electron chi connectivity index (χ3n) is 3.87. The van der Waals surface area contributed by atoms with Crippen molar-refractivity contribution in [3.8, 4) is 0 Å². The Morgan fingerprint density at radius 2 is 2.05 bits per heavy atom. The molecule has 1 saturated heterocycles. The van der Waals surface area contributed by atoms with Crippen molar-refractivity contribution in [2.24, 2.45) is 0 Å². The van der Waals surface area contributed by atoms with E-state index >= 15 is 0 Å². The highest BCUT2D eigenvalue weighted by molar-refractivity contribution is 5.11. The van der Waals surface area contributed by atoms with Crippen LogP contribution in [0, 0.1) is 0 Å². The molecule has 6 heteroatoms. The molecule has 3 rings (SSSR count). The Balaban J connectivity index is 2.04. The van der Waals surface area contributed by atoms with Gasteiger partial charge in [-0.05, 0) is 32.0 Å². The molecule has 0 radical (unpaired) electrons. The van der Waals surface area contributed by atoms with E-state index in [-0.39, 0.29) is 11.0 Å². The summed E-state index contributed by atoms with van der Waals surface area (Å²) < 4.78 is 7.57. The van der Waals surface area contributed by atoms with Crippen molar-refractivity contribution in [3.05, 3.63) is 30.2 Å². The van der Waals surface area contributed by atoms with Crippen molar-refractivity contribution < 1.29 is 4.52 Å². The molecule has 20 heavy (non-hydrogen) atoms. The molecule has 0 aromatic carbocycles. The van der Waals surface area contributed by atoms with Crippen LogP contribution >= 0.6 is 0 Å². The number of aromatic nitrogens is 4. The summed E-state index contributed by atoms with van der Waals surface area (Å²) in [5, 5.41) is 12.0. The van der Waals surface area contributed by atoms with Crippen LogP contribution in [0.4, 0.5) is 0 Å². The molecule has 1 aliphatic rings. The lowest BCUT2D eigenvalue weighted by atomic mass is 9.88. The molecule has 2 aromatic heterocycles. The van der Waals surface area contributed by atoms with Crippen LogP contribution in [-0.2, 0) is 11.0 Å². The Kier molecular flexibility index (Phi) is 3.12. The van der Waals surface area contributed by atoms with Gasteiger partial charge in [-0.15, -0.1) is 0 Å². The Morgan fingerprint density at radius 1 is 1.30 bits per heavy atom. The van der Waals surface area contributed by atoms with Gasteiger partial charge in [-0.25, -0.2) is 0 Å². The van der Waals surface area contributed by atoms with Crippen LogP contribution in [0.3, 0.4) is 0 Å². The third kappa shape index (κ3) is 2.14. The Hall–Kier alpha value is -1.69. The van der Waals surface area contributed by atoms with E-state index in [1.54, 1.807) is 6.20 Å². The van der Waals surface area contributed by atoms with E-state index in [2.05, 4.69) is 41.3 Å². The van der Waals surface area contributed by atoms with E-state index < -0.39 is 0 Å². The average Bonchev–Trinajstić information content (AvgIpc) is 3.11. The molecule has 0 saturated carbocycles. The highest BCUT2D eigenvalue weighted by Gasteiger charge is 2.42. The number of nitrogens with one attached hydrogen (secondary N) is 1.